The molecular formula is C7H12FNO2. The van der Waals surface area contributed by atoms with E-state index in [0.29, 0.717) is 6.54 Å². The Bertz CT molecular complexity index is 151. The largest absolute Gasteiger partial charge is 0.480 e. The Balaban J connectivity index is 2.24. The van der Waals surface area contributed by atoms with Gasteiger partial charge in [-0.1, -0.05) is 0 Å². The van der Waals surface area contributed by atoms with E-state index < -0.39 is 5.97 Å². The molecular weight excluding hydrogens is 149 g/mol. The van der Waals surface area contributed by atoms with Crippen molar-refractivity contribution in [3.63, 3.8) is 0 Å². The molecule has 1 atom stereocenters. The van der Waals surface area contributed by atoms with E-state index in [9.17, 15) is 9.18 Å². The van der Waals surface area contributed by atoms with E-state index in [1.165, 1.54) is 0 Å². The summed E-state index contributed by atoms with van der Waals surface area (Å²) < 4.78 is 12.0. The van der Waals surface area contributed by atoms with E-state index in [2.05, 4.69) is 0 Å². The number of alkyl halides is 1. The molecule has 0 aliphatic carbocycles. The first kappa shape index (κ1) is 8.46. The van der Waals surface area contributed by atoms with Gasteiger partial charge in [-0.3, -0.25) is 14.1 Å². The predicted octanol–water partition coefficient (Wildman–Crippen LogP) is 0.362. The van der Waals surface area contributed by atoms with Crippen molar-refractivity contribution < 1.29 is 14.3 Å². The van der Waals surface area contributed by atoms with Gasteiger partial charge in [0.15, 0.2) is 0 Å². The molecule has 64 valence electrons. The van der Waals surface area contributed by atoms with Crippen LogP contribution in [0.5, 0.6) is 0 Å². The van der Waals surface area contributed by atoms with Crippen molar-refractivity contribution >= 4 is 5.97 Å². The number of likely N-dealkylation sites (tertiary alicyclic amines) is 1. The SMILES string of the molecule is O=C(O)CN1CC[C@@H](CF)C1. The first-order chi connectivity index (χ1) is 5.22. The van der Waals surface area contributed by atoms with Crippen LogP contribution in [-0.4, -0.2) is 42.3 Å². The van der Waals surface area contributed by atoms with Crippen molar-refractivity contribution in [3.05, 3.63) is 0 Å². The van der Waals surface area contributed by atoms with Crippen molar-refractivity contribution in [2.24, 2.45) is 5.92 Å². The highest BCUT2D eigenvalue weighted by molar-refractivity contribution is 5.69. The summed E-state index contributed by atoms with van der Waals surface area (Å²) in [5.74, 6) is -0.765. The van der Waals surface area contributed by atoms with E-state index in [0.717, 1.165) is 13.0 Å². The molecule has 0 bridgehead atoms. The molecule has 1 saturated heterocycles. The van der Waals surface area contributed by atoms with Crippen molar-refractivity contribution in [3.8, 4) is 0 Å². The molecule has 1 aliphatic heterocycles. The normalized spacial score (nSPS) is 25.7. The second-order valence-corrected chi connectivity index (χ2v) is 2.94. The third kappa shape index (κ3) is 2.46. The summed E-state index contributed by atoms with van der Waals surface area (Å²) >= 11 is 0. The summed E-state index contributed by atoms with van der Waals surface area (Å²) in [6.07, 6.45) is 0.795. The maximum absolute atomic E-state index is 12.0. The molecule has 1 fully saturated rings. The van der Waals surface area contributed by atoms with Crippen LogP contribution in [0, 0.1) is 5.92 Å². The summed E-state index contributed by atoms with van der Waals surface area (Å²) in [5, 5.41) is 8.40. The maximum atomic E-state index is 12.0. The zero-order valence-corrected chi connectivity index (χ0v) is 6.29. The van der Waals surface area contributed by atoms with Crippen molar-refractivity contribution in [1.29, 1.82) is 0 Å². The standard InChI is InChI=1S/C7H12FNO2/c8-3-6-1-2-9(4-6)5-7(10)11/h6H,1-5H2,(H,10,11)/t6-/m0/s1. The zero-order chi connectivity index (χ0) is 8.27. The van der Waals surface area contributed by atoms with Crippen LogP contribution in [0.25, 0.3) is 0 Å². The second-order valence-electron chi connectivity index (χ2n) is 2.94. The van der Waals surface area contributed by atoms with Crippen LogP contribution >= 0.6 is 0 Å². The molecule has 0 unspecified atom stereocenters. The number of hydrogen-bond acceptors (Lipinski definition) is 2. The third-order valence-electron chi connectivity index (χ3n) is 1.95. The van der Waals surface area contributed by atoms with Crippen molar-refractivity contribution in [2.75, 3.05) is 26.3 Å². The average molecular weight is 161 g/mol. The Morgan fingerprint density at radius 1 is 1.73 bits per heavy atom. The lowest BCUT2D eigenvalue weighted by atomic mass is 10.1. The van der Waals surface area contributed by atoms with Crippen molar-refractivity contribution in [2.45, 2.75) is 6.42 Å². The Morgan fingerprint density at radius 3 is 2.91 bits per heavy atom. The Kier molecular flexibility index (Phi) is 2.82. The highest BCUT2D eigenvalue weighted by Crippen LogP contribution is 2.15. The van der Waals surface area contributed by atoms with Crippen LogP contribution in [0.3, 0.4) is 0 Å². The second kappa shape index (κ2) is 3.67. The van der Waals surface area contributed by atoms with Gasteiger partial charge in [0.05, 0.1) is 13.2 Å². The van der Waals surface area contributed by atoms with Crippen LogP contribution < -0.4 is 0 Å². The third-order valence-corrected chi connectivity index (χ3v) is 1.95. The predicted molar refractivity (Wildman–Crippen MR) is 38.2 cm³/mol. The fraction of sp³-hybridized carbons (Fsp3) is 0.857. The maximum Gasteiger partial charge on any atom is 0.317 e. The molecule has 1 heterocycles. The molecule has 11 heavy (non-hydrogen) atoms. The van der Waals surface area contributed by atoms with Crippen LogP contribution in [-0.2, 0) is 4.79 Å². The van der Waals surface area contributed by atoms with Gasteiger partial charge >= 0.3 is 5.97 Å². The summed E-state index contributed by atoms with van der Waals surface area (Å²) in [4.78, 5) is 12.0. The van der Waals surface area contributed by atoms with Crippen LogP contribution in [0.4, 0.5) is 4.39 Å². The summed E-state index contributed by atoms with van der Waals surface area (Å²) in [6, 6.07) is 0. The monoisotopic (exact) mass is 161 g/mol. The first-order valence-corrected chi connectivity index (χ1v) is 3.72. The molecule has 0 spiro atoms. The Hall–Kier alpha value is -0.640. The van der Waals surface area contributed by atoms with Gasteiger partial charge in [0.2, 0.25) is 0 Å². The van der Waals surface area contributed by atoms with Gasteiger partial charge < -0.3 is 5.11 Å². The van der Waals surface area contributed by atoms with E-state index >= 15 is 0 Å². The minimum Gasteiger partial charge on any atom is -0.480 e. The fourth-order valence-electron chi connectivity index (χ4n) is 1.37. The number of aliphatic carboxylic acids is 1. The van der Waals surface area contributed by atoms with Gasteiger partial charge in [-0.2, -0.15) is 0 Å². The molecule has 3 nitrogen and oxygen atoms in total. The van der Waals surface area contributed by atoms with E-state index in [4.69, 9.17) is 5.11 Å². The molecule has 0 aromatic rings. The molecule has 0 amide bonds. The number of hydrogen-bond donors (Lipinski definition) is 1. The number of carboxylic acid groups (broad SMARTS) is 1. The van der Waals surface area contributed by atoms with Crippen molar-refractivity contribution in [1.82, 2.24) is 4.90 Å². The van der Waals surface area contributed by atoms with Gasteiger partial charge in [0.1, 0.15) is 0 Å². The summed E-state index contributed by atoms with van der Waals surface area (Å²) in [6.45, 7) is 1.05. The van der Waals surface area contributed by atoms with Gasteiger partial charge in [0, 0.05) is 12.5 Å². The number of halogens is 1. The molecule has 1 rings (SSSR count). The van der Waals surface area contributed by atoms with Crippen LogP contribution in [0.2, 0.25) is 0 Å². The topological polar surface area (TPSA) is 40.5 Å². The van der Waals surface area contributed by atoms with Gasteiger partial charge in [-0.05, 0) is 13.0 Å². The highest BCUT2D eigenvalue weighted by atomic mass is 19.1. The smallest absolute Gasteiger partial charge is 0.317 e. The van der Waals surface area contributed by atoms with Crippen LogP contribution in [0.1, 0.15) is 6.42 Å². The zero-order valence-electron chi connectivity index (χ0n) is 6.29. The Labute approximate surface area is 64.8 Å². The molecule has 1 N–H and O–H groups in total. The lowest BCUT2D eigenvalue weighted by molar-refractivity contribution is -0.138. The fourth-order valence-corrected chi connectivity index (χ4v) is 1.37. The lowest BCUT2D eigenvalue weighted by Gasteiger charge is -2.10. The molecule has 1 aliphatic rings. The number of carbonyl (C=O) groups is 1. The van der Waals surface area contributed by atoms with E-state index in [1.807, 2.05) is 0 Å². The summed E-state index contributed by atoms with van der Waals surface area (Å²) in [5.41, 5.74) is 0. The average Bonchev–Trinajstić information content (AvgIpc) is 2.34. The first-order valence-electron chi connectivity index (χ1n) is 3.72. The van der Waals surface area contributed by atoms with E-state index in [-0.39, 0.29) is 19.1 Å². The number of nitrogens with zero attached hydrogens (tertiary/aromatic N) is 1. The van der Waals surface area contributed by atoms with Gasteiger partial charge in [-0.25, -0.2) is 0 Å². The van der Waals surface area contributed by atoms with Gasteiger partial charge in [-0.15, -0.1) is 0 Å². The molecule has 0 aromatic carbocycles. The Morgan fingerprint density at radius 2 is 2.45 bits per heavy atom. The highest BCUT2D eigenvalue weighted by Gasteiger charge is 2.23. The molecule has 0 radical (unpaired) electrons. The number of carboxylic acids is 1. The van der Waals surface area contributed by atoms with E-state index in [1.54, 1.807) is 4.90 Å². The lowest BCUT2D eigenvalue weighted by Crippen LogP contribution is -2.27. The molecule has 4 heteroatoms. The minimum atomic E-state index is -0.829. The summed E-state index contributed by atoms with van der Waals surface area (Å²) in [7, 11) is 0. The van der Waals surface area contributed by atoms with Gasteiger partial charge in [0.25, 0.3) is 0 Å². The minimum absolute atomic E-state index is 0.0521. The molecule has 0 aromatic heterocycles. The number of rotatable bonds is 3. The molecule has 0 saturated carbocycles. The van der Waals surface area contributed by atoms with Crippen LogP contribution in [0.15, 0.2) is 0 Å². The quantitative estimate of drug-likeness (QED) is 0.649.